The minimum Gasteiger partial charge on any atom is -0.398 e. The number of halogens is 1. The van der Waals surface area contributed by atoms with Gasteiger partial charge in [0.05, 0.1) is 0 Å². The average molecular weight is 276 g/mol. The molecule has 0 atom stereocenters. The summed E-state index contributed by atoms with van der Waals surface area (Å²) in [5, 5.41) is 6.09. The van der Waals surface area contributed by atoms with Crippen LogP contribution in [0.15, 0.2) is 42.5 Å². The van der Waals surface area contributed by atoms with Crippen LogP contribution < -0.4 is 16.4 Å². The van der Waals surface area contributed by atoms with Crippen molar-refractivity contribution >= 4 is 34.7 Å². The summed E-state index contributed by atoms with van der Waals surface area (Å²) >= 11 is 5.77. The highest BCUT2D eigenvalue weighted by Crippen LogP contribution is 2.21. The third-order valence-corrected chi connectivity index (χ3v) is 2.98. The molecule has 2 aromatic carbocycles. The number of benzene rings is 2. The van der Waals surface area contributed by atoms with Gasteiger partial charge in [0, 0.05) is 22.1 Å². The second-order valence-electron chi connectivity index (χ2n) is 4.11. The molecule has 2 rings (SSSR count). The number of carbonyl (C=O) groups excluding carboxylic acids is 1. The molecular formula is C14H14ClN3O. The van der Waals surface area contributed by atoms with Gasteiger partial charge in [0.15, 0.2) is 0 Å². The first kappa shape index (κ1) is 13.2. The van der Waals surface area contributed by atoms with Gasteiger partial charge in [-0.3, -0.25) is 0 Å². The summed E-state index contributed by atoms with van der Waals surface area (Å²) in [4.78, 5) is 11.8. The summed E-state index contributed by atoms with van der Waals surface area (Å²) < 4.78 is 0. The van der Waals surface area contributed by atoms with Crippen LogP contribution in [0, 0.1) is 6.92 Å². The molecule has 19 heavy (non-hydrogen) atoms. The second-order valence-corrected chi connectivity index (χ2v) is 4.54. The van der Waals surface area contributed by atoms with E-state index < -0.39 is 0 Å². The number of nitrogen functional groups attached to an aromatic ring is 1. The van der Waals surface area contributed by atoms with Crippen molar-refractivity contribution in [2.24, 2.45) is 0 Å². The first-order valence-corrected chi connectivity index (χ1v) is 6.13. The highest BCUT2D eigenvalue weighted by molar-refractivity contribution is 6.30. The maximum Gasteiger partial charge on any atom is 0.323 e. The molecule has 0 aromatic heterocycles. The molecule has 4 N–H and O–H groups in total. The topological polar surface area (TPSA) is 67.1 Å². The third kappa shape index (κ3) is 3.39. The number of nitrogens with two attached hydrogens (primary N) is 1. The highest BCUT2D eigenvalue weighted by atomic mass is 35.5. The minimum absolute atomic E-state index is 0.323. The van der Waals surface area contributed by atoms with E-state index in [9.17, 15) is 4.79 Å². The van der Waals surface area contributed by atoms with Gasteiger partial charge in [-0.25, -0.2) is 4.79 Å². The summed E-state index contributed by atoms with van der Waals surface area (Å²) in [6, 6.07) is 11.9. The monoisotopic (exact) mass is 275 g/mol. The number of nitrogens with one attached hydrogen (secondary N) is 2. The van der Waals surface area contributed by atoms with E-state index in [1.807, 2.05) is 6.92 Å². The molecule has 98 valence electrons. The van der Waals surface area contributed by atoms with Crippen LogP contribution >= 0.6 is 11.6 Å². The van der Waals surface area contributed by atoms with Gasteiger partial charge in [-0.05, 0) is 48.9 Å². The first-order chi connectivity index (χ1) is 9.06. The predicted octanol–water partition coefficient (Wildman–Crippen LogP) is 3.87. The zero-order valence-electron chi connectivity index (χ0n) is 10.4. The van der Waals surface area contributed by atoms with E-state index in [0.29, 0.717) is 22.1 Å². The molecule has 0 aliphatic heterocycles. The maximum absolute atomic E-state index is 11.8. The van der Waals surface area contributed by atoms with E-state index in [-0.39, 0.29) is 6.03 Å². The third-order valence-electron chi connectivity index (χ3n) is 2.73. The molecule has 4 nitrogen and oxygen atoms in total. The zero-order chi connectivity index (χ0) is 13.8. The molecular weight excluding hydrogens is 262 g/mol. The second kappa shape index (κ2) is 5.63. The molecule has 0 unspecified atom stereocenters. The van der Waals surface area contributed by atoms with Crippen molar-refractivity contribution < 1.29 is 4.79 Å². The normalized spacial score (nSPS) is 10.0. The van der Waals surface area contributed by atoms with E-state index in [0.717, 1.165) is 5.56 Å². The SMILES string of the molecule is Cc1c(N)cccc1NC(=O)Nc1ccc(Cl)cc1. The van der Waals surface area contributed by atoms with Gasteiger partial charge < -0.3 is 16.4 Å². The molecule has 0 fully saturated rings. The standard InChI is InChI=1S/C14H14ClN3O/c1-9-12(16)3-2-4-13(9)18-14(19)17-11-7-5-10(15)6-8-11/h2-8H,16H2,1H3,(H2,17,18,19). The van der Waals surface area contributed by atoms with Crippen molar-refractivity contribution in [3.63, 3.8) is 0 Å². The van der Waals surface area contributed by atoms with E-state index in [1.165, 1.54) is 0 Å². The lowest BCUT2D eigenvalue weighted by atomic mass is 10.1. The molecule has 0 saturated carbocycles. The van der Waals surface area contributed by atoms with Crippen LogP contribution in [0.2, 0.25) is 5.02 Å². The van der Waals surface area contributed by atoms with Gasteiger partial charge in [0.25, 0.3) is 0 Å². The molecule has 0 saturated heterocycles. The van der Waals surface area contributed by atoms with Crippen LogP contribution in [0.3, 0.4) is 0 Å². The van der Waals surface area contributed by atoms with Crippen LogP contribution in [0.4, 0.5) is 21.9 Å². The molecule has 2 aromatic rings. The fourth-order valence-corrected chi connectivity index (χ4v) is 1.73. The summed E-state index contributed by atoms with van der Waals surface area (Å²) in [5.74, 6) is 0. The number of urea groups is 1. The van der Waals surface area contributed by atoms with Gasteiger partial charge >= 0.3 is 6.03 Å². The summed E-state index contributed by atoms with van der Waals surface area (Å²) in [7, 11) is 0. The lowest BCUT2D eigenvalue weighted by molar-refractivity contribution is 0.262. The maximum atomic E-state index is 11.8. The fourth-order valence-electron chi connectivity index (χ4n) is 1.61. The van der Waals surface area contributed by atoms with Crippen LogP contribution in [-0.2, 0) is 0 Å². The smallest absolute Gasteiger partial charge is 0.323 e. The molecule has 0 heterocycles. The predicted molar refractivity (Wildman–Crippen MR) is 79.7 cm³/mol. The van der Waals surface area contributed by atoms with Gasteiger partial charge in [0.2, 0.25) is 0 Å². The number of carbonyl (C=O) groups is 1. The van der Waals surface area contributed by atoms with Crippen molar-refractivity contribution in [3.05, 3.63) is 53.1 Å². The Morgan fingerprint density at radius 1 is 1.11 bits per heavy atom. The molecule has 5 heteroatoms. The number of anilines is 3. The van der Waals surface area contributed by atoms with Crippen LogP contribution in [0.5, 0.6) is 0 Å². The summed E-state index contributed by atoms with van der Waals surface area (Å²) in [6.07, 6.45) is 0. The number of amides is 2. The Labute approximate surface area is 116 Å². The molecule has 0 radical (unpaired) electrons. The molecule has 0 aliphatic carbocycles. The Kier molecular flexibility index (Phi) is 3.92. The summed E-state index contributed by atoms with van der Waals surface area (Å²) in [5.41, 5.74) is 8.62. The largest absolute Gasteiger partial charge is 0.398 e. The van der Waals surface area contributed by atoms with Crippen molar-refractivity contribution in [2.45, 2.75) is 6.92 Å². The first-order valence-electron chi connectivity index (χ1n) is 5.75. The number of rotatable bonds is 2. The fraction of sp³-hybridized carbons (Fsp3) is 0.0714. The van der Waals surface area contributed by atoms with E-state index in [2.05, 4.69) is 10.6 Å². The van der Waals surface area contributed by atoms with Crippen molar-refractivity contribution in [1.82, 2.24) is 0 Å². The Hall–Kier alpha value is -2.20. The van der Waals surface area contributed by atoms with E-state index >= 15 is 0 Å². The minimum atomic E-state index is -0.323. The molecule has 0 aliphatic rings. The van der Waals surface area contributed by atoms with Gasteiger partial charge in [-0.15, -0.1) is 0 Å². The quantitative estimate of drug-likeness (QED) is 0.728. The Morgan fingerprint density at radius 2 is 1.79 bits per heavy atom. The van der Waals surface area contributed by atoms with Crippen molar-refractivity contribution in [3.8, 4) is 0 Å². The van der Waals surface area contributed by atoms with Crippen molar-refractivity contribution in [1.29, 1.82) is 0 Å². The van der Waals surface area contributed by atoms with Crippen LogP contribution in [0.1, 0.15) is 5.56 Å². The van der Waals surface area contributed by atoms with Gasteiger partial charge in [-0.2, -0.15) is 0 Å². The Morgan fingerprint density at radius 3 is 2.47 bits per heavy atom. The highest BCUT2D eigenvalue weighted by Gasteiger charge is 2.06. The average Bonchev–Trinajstić information content (AvgIpc) is 2.38. The summed E-state index contributed by atoms with van der Waals surface area (Å²) in [6.45, 7) is 1.85. The Balaban J connectivity index is 2.05. The zero-order valence-corrected chi connectivity index (χ0v) is 11.2. The van der Waals surface area contributed by atoms with Crippen LogP contribution in [-0.4, -0.2) is 6.03 Å². The Bertz CT molecular complexity index is 596. The van der Waals surface area contributed by atoms with Crippen molar-refractivity contribution in [2.75, 3.05) is 16.4 Å². The van der Waals surface area contributed by atoms with E-state index in [1.54, 1.807) is 42.5 Å². The molecule has 0 bridgehead atoms. The molecule has 0 spiro atoms. The van der Waals surface area contributed by atoms with Gasteiger partial charge in [0.1, 0.15) is 0 Å². The van der Waals surface area contributed by atoms with Gasteiger partial charge in [-0.1, -0.05) is 17.7 Å². The van der Waals surface area contributed by atoms with Crippen LogP contribution in [0.25, 0.3) is 0 Å². The lowest BCUT2D eigenvalue weighted by Crippen LogP contribution is -2.20. The lowest BCUT2D eigenvalue weighted by Gasteiger charge is -2.11. The molecule has 2 amide bonds. The van der Waals surface area contributed by atoms with E-state index in [4.69, 9.17) is 17.3 Å². The number of hydrogen-bond donors (Lipinski definition) is 3. The number of hydrogen-bond acceptors (Lipinski definition) is 2.